The second-order valence-electron chi connectivity index (χ2n) is 8.57. The summed E-state index contributed by atoms with van der Waals surface area (Å²) in [6, 6.07) is 14.7. The van der Waals surface area contributed by atoms with E-state index < -0.39 is 26.8 Å². The number of sulfonamides is 1. The van der Waals surface area contributed by atoms with Gasteiger partial charge in [-0.2, -0.15) is 4.31 Å². The molecule has 2 heterocycles. The van der Waals surface area contributed by atoms with Gasteiger partial charge in [0.05, 0.1) is 20.3 Å². The summed E-state index contributed by atoms with van der Waals surface area (Å²) < 4.78 is 55.4. The van der Waals surface area contributed by atoms with Crippen LogP contribution in [0.15, 0.2) is 59.5 Å². The van der Waals surface area contributed by atoms with Crippen LogP contribution >= 0.6 is 0 Å². The number of carbonyl (C=O) groups is 1. The molecule has 182 valence electrons. The van der Waals surface area contributed by atoms with E-state index in [0.29, 0.717) is 35.6 Å². The lowest BCUT2D eigenvalue weighted by Gasteiger charge is -2.37. The molecular formula is C26H25FN2O5S. The first-order chi connectivity index (χ1) is 16.8. The Kier molecular flexibility index (Phi) is 5.98. The molecule has 5 rings (SSSR count). The number of aryl methyl sites for hydroxylation is 1. The van der Waals surface area contributed by atoms with Crippen LogP contribution in [0.3, 0.4) is 0 Å². The molecule has 3 aromatic rings. The van der Waals surface area contributed by atoms with Crippen LogP contribution in [-0.2, 0) is 27.7 Å². The summed E-state index contributed by atoms with van der Waals surface area (Å²) in [4.78, 5) is 11.3. The summed E-state index contributed by atoms with van der Waals surface area (Å²) in [5, 5.41) is 2.62. The molecule has 0 saturated carbocycles. The van der Waals surface area contributed by atoms with Crippen LogP contribution in [0.25, 0.3) is 0 Å². The van der Waals surface area contributed by atoms with E-state index >= 15 is 4.39 Å². The molecule has 2 aliphatic rings. The molecule has 7 nitrogen and oxygen atoms in total. The molecule has 1 amide bonds. The molecule has 1 unspecified atom stereocenters. The van der Waals surface area contributed by atoms with E-state index in [1.807, 2.05) is 36.4 Å². The molecule has 35 heavy (non-hydrogen) atoms. The summed E-state index contributed by atoms with van der Waals surface area (Å²) in [7, 11) is -1.16. The summed E-state index contributed by atoms with van der Waals surface area (Å²) >= 11 is 0. The monoisotopic (exact) mass is 496 g/mol. The largest absolute Gasteiger partial charge is 0.493 e. The van der Waals surface area contributed by atoms with Crippen molar-refractivity contribution in [3.8, 4) is 11.5 Å². The van der Waals surface area contributed by atoms with Gasteiger partial charge >= 0.3 is 0 Å². The number of amides is 1. The first kappa shape index (κ1) is 23.3. The maximum atomic E-state index is 15.2. The minimum absolute atomic E-state index is 0.164. The standard InChI is InChI=1S/C26H25FN2O5S/c1-33-22-12-17-10-11-29(26(16-6-4-3-5-7-16)19(17)14-23(22)34-2)35(31,32)24-13-18-8-9-25(30)28-21(18)15-20(24)27/h3-7,12-15,26H,8-11H2,1-2H3,(H,28,30). The molecule has 3 aromatic carbocycles. The lowest BCUT2D eigenvalue weighted by molar-refractivity contribution is -0.116. The van der Waals surface area contributed by atoms with Gasteiger partial charge in [0.1, 0.15) is 10.7 Å². The highest BCUT2D eigenvalue weighted by atomic mass is 32.2. The minimum atomic E-state index is -4.24. The van der Waals surface area contributed by atoms with E-state index in [9.17, 15) is 13.2 Å². The molecule has 0 spiro atoms. The van der Waals surface area contributed by atoms with Gasteiger partial charge in [0.2, 0.25) is 15.9 Å². The lowest BCUT2D eigenvalue weighted by Crippen LogP contribution is -2.41. The number of anilines is 1. The molecule has 0 fully saturated rings. The number of nitrogens with one attached hydrogen (secondary N) is 1. The molecule has 1 atom stereocenters. The Morgan fingerprint density at radius 3 is 2.37 bits per heavy atom. The Bertz CT molecular complexity index is 1410. The number of rotatable bonds is 5. The van der Waals surface area contributed by atoms with Gasteiger partial charge in [-0.3, -0.25) is 4.79 Å². The maximum Gasteiger partial charge on any atom is 0.246 e. The number of benzene rings is 3. The van der Waals surface area contributed by atoms with E-state index in [1.165, 1.54) is 17.5 Å². The molecular weight excluding hydrogens is 471 g/mol. The molecule has 9 heteroatoms. The third-order valence-corrected chi connectivity index (χ3v) is 8.46. The zero-order valence-electron chi connectivity index (χ0n) is 19.4. The first-order valence-electron chi connectivity index (χ1n) is 11.3. The fraction of sp³-hybridized carbons (Fsp3) is 0.269. The Morgan fingerprint density at radius 1 is 0.943 bits per heavy atom. The van der Waals surface area contributed by atoms with Gasteiger partial charge in [-0.25, -0.2) is 12.8 Å². The lowest BCUT2D eigenvalue weighted by atomic mass is 9.89. The van der Waals surface area contributed by atoms with Gasteiger partial charge in [-0.1, -0.05) is 30.3 Å². The van der Waals surface area contributed by atoms with Crippen molar-refractivity contribution in [1.29, 1.82) is 0 Å². The zero-order valence-corrected chi connectivity index (χ0v) is 20.2. The van der Waals surface area contributed by atoms with Crippen molar-refractivity contribution in [3.05, 3.63) is 82.7 Å². The Morgan fingerprint density at radius 2 is 1.66 bits per heavy atom. The van der Waals surface area contributed by atoms with E-state index in [1.54, 1.807) is 13.2 Å². The SMILES string of the molecule is COc1cc2c(cc1OC)C(c1ccccc1)N(S(=O)(=O)c1cc3c(cc1F)NC(=O)CC3)CC2. The topological polar surface area (TPSA) is 84.9 Å². The number of halogens is 1. The molecule has 0 aromatic heterocycles. The average Bonchev–Trinajstić information content (AvgIpc) is 2.86. The highest BCUT2D eigenvalue weighted by molar-refractivity contribution is 7.89. The van der Waals surface area contributed by atoms with Crippen LogP contribution < -0.4 is 14.8 Å². The second kappa shape index (κ2) is 8.98. The highest BCUT2D eigenvalue weighted by Gasteiger charge is 2.40. The summed E-state index contributed by atoms with van der Waals surface area (Å²) in [5.74, 6) is -0.0520. The van der Waals surface area contributed by atoms with Crippen LogP contribution in [0.1, 0.15) is 34.7 Å². The van der Waals surface area contributed by atoms with Gasteiger partial charge in [0.15, 0.2) is 11.5 Å². The third-order valence-electron chi connectivity index (χ3n) is 6.58. The molecule has 0 saturated heterocycles. The molecule has 2 aliphatic heterocycles. The average molecular weight is 497 g/mol. The predicted octanol–water partition coefficient (Wildman–Crippen LogP) is 4.06. The normalized spacial score (nSPS) is 17.8. The molecule has 0 radical (unpaired) electrons. The number of ether oxygens (including phenoxy) is 2. The molecule has 1 N–H and O–H groups in total. The fourth-order valence-electron chi connectivity index (χ4n) is 4.87. The van der Waals surface area contributed by atoms with E-state index in [-0.39, 0.29) is 18.9 Å². The van der Waals surface area contributed by atoms with Gasteiger partial charge < -0.3 is 14.8 Å². The maximum absolute atomic E-state index is 15.2. The van der Waals surface area contributed by atoms with Crippen molar-refractivity contribution in [1.82, 2.24) is 4.31 Å². The highest BCUT2D eigenvalue weighted by Crippen LogP contribution is 2.43. The van der Waals surface area contributed by atoms with E-state index in [4.69, 9.17) is 9.47 Å². The van der Waals surface area contributed by atoms with Crippen molar-refractivity contribution in [2.45, 2.75) is 30.2 Å². The zero-order chi connectivity index (χ0) is 24.7. The number of hydrogen-bond acceptors (Lipinski definition) is 5. The Balaban J connectivity index is 1.66. The van der Waals surface area contributed by atoms with Crippen molar-refractivity contribution in [2.75, 3.05) is 26.1 Å². The van der Waals surface area contributed by atoms with Crippen LogP contribution in [0.4, 0.5) is 10.1 Å². The molecule has 0 aliphatic carbocycles. The van der Waals surface area contributed by atoms with Crippen molar-refractivity contribution >= 4 is 21.6 Å². The van der Waals surface area contributed by atoms with E-state index in [0.717, 1.165) is 22.8 Å². The number of methoxy groups -OCH3 is 2. The number of nitrogens with zero attached hydrogens (tertiary/aromatic N) is 1. The number of fused-ring (bicyclic) bond motifs is 2. The van der Waals surface area contributed by atoms with Gasteiger partial charge in [0, 0.05) is 18.7 Å². The predicted molar refractivity (Wildman–Crippen MR) is 129 cm³/mol. The van der Waals surface area contributed by atoms with Crippen molar-refractivity contribution in [3.63, 3.8) is 0 Å². The van der Waals surface area contributed by atoms with Crippen LogP contribution in [0, 0.1) is 5.82 Å². The van der Waals surface area contributed by atoms with Gasteiger partial charge in [-0.15, -0.1) is 0 Å². The first-order valence-corrected chi connectivity index (χ1v) is 12.7. The fourth-order valence-corrected chi connectivity index (χ4v) is 6.56. The number of carbonyl (C=O) groups excluding carboxylic acids is 1. The smallest absolute Gasteiger partial charge is 0.246 e. The number of hydrogen-bond donors (Lipinski definition) is 1. The summed E-state index contributed by atoms with van der Waals surface area (Å²) in [5.41, 5.74) is 3.38. The summed E-state index contributed by atoms with van der Waals surface area (Å²) in [6.07, 6.45) is 1.01. The molecule has 0 bridgehead atoms. The van der Waals surface area contributed by atoms with Crippen LogP contribution in [0.2, 0.25) is 0 Å². The van der Waals surface area contributed by atoms with Gasteiger partial charge in [0.25, 0.3) is 0 Å². The summed E-state index contributed by atoms with van der Waals surface area (Å²) in [6.45, 7) is 0.164. The Labute approximate surface area is 203 Å². The quantitative estimate of drug-likeness (QED) is 0.576. The van der Waals surface area contributed by atoms with Crippen molar-refractivity contribution in [2.24, 2.45) is 0 Å². The minimum Gasteiger partial charge on any atom is -0.493 e. The van der Waals surface area contributed by atoms with Crippen molar-refractivity contribution < 1.29 is 27.1 Å². The Hall–Kier alpha value is -3.43. The van der Waals surface area contributed by atoms with Crippen LogP contribution in [-0.4, -0.2) is 39.4 Å². The second-order valence-corrected chi connectivity index (χ2v) is 10.4. The van der Waals surface area contributed by atoms with Gasteiger partial charge in [-0.05, 0) is 59.4 Å². The van der Waals surface area contributed by atoms with Crippen LogP contribution in [0.5, 0.6) is 11.5 Å². The third kappa shape index (κ3) is 4.04. The van der Waals surface area contributed by atoms with E-state index in [2.05, 4.69) is 5.32 Å².